The van der Waals surface area contributed by atoms with Crippen molar-refractivity contribution in [3.63, 3.8) is 0 Å². The molecule has 2 nitrogen and oxygen atoms in total. The van der Waals surface area contributed by atoms with E-state index in [1.807, 2.05) is 6.07 Å². The monoisotopic (exact) mass is 219 g/mol. The lowest BCUT2D eigenvalue weighted by Gasteiger charge is -2.01. The molecule has 0 aliphatic carbocycles. The van der Waals surface area contributed by atoms with Crippen LogP contribution >= 0.6 is 0 Å². The van der Waals surface area contributed by atoms with Crippen molar-refractivity contribution in [1.82, 2.24) is 0 Å². The minimum atomic E-state index is -0.927. The van der Waals surface area contributed by atoms with E-state index >= 15 is 0 Å². The molecule has 0 unspecified atom stereocenters. The Bertz CT molecular complexity index is 293. The fourth-order valence-corrected chi connectivity index (χ4v) is 1.77. The summed E-state index contributed by atoms with van der Waals surface area (Å²) in [6, 6.07) is 10.5. The molecule has 0 amide bonds. The summed E-state index contributed by atoms with van der Waals surface area (Å²) in [7, 11) is 0. The summed E-state index contributed by atoms with van der Waals surface area (Å²) in [6.07, 6.45) is 6.59. The van der Waals surface area contributed by atoms with Crippen LogP contribution in [0.4, 0.5) is 0 Å². The zero-order valence-electron chi connectivity index (χ0n) is 9.65. The Morgan fingerprint density at radius 2 is 1.50 bits per heavy atom. The number of unbranched alkanes of at least 4 members (excludes halogenated alkanes) is 4. The first-order valence-electron chi connectivity index (χ1n) is 6.03. The molecule has 0 aliphatic heterocycles. The highest BCUT2D eigenvalue weighted by Crippen LogP contribution is 2.09. The molecule has 0 fully saturated rings. The fraction of sp³-hybridized carbons (Fsp3) is 0.500. The van der Waals surface area contributed by atoms with Gasteiger partial charge in [0.1, 0.15) is 0 Å². The smallest absolute Gasteiger partial charge is 0.247 e. The van der Waals surface area contributed by atoms with Gasteiger partial charge in [-0.05, 0) is 24.8 Å². The zero-order chi connectivity index (χ0) is 11.6. The average Bonchev–Trinajstić information content (AvgIpc) is 2.29. The number of aryl methyl sites for hydroxylation is 1. The molecule has 0 heterocycles. The van der Waals surface area contributed by atoms with Crippen LogP contribution in [0.2, 0.25) is 0 Å². The van der Waals surface area contributed by atoms with Crippen LogP contribution in [0.3, 0.4) is 0 Å². The number of hydrogen-bond acceptors (Lipinski definition) is 1. The molecule has 1 aromatic carbocycles. The molecule has 0 aromatic heterocycles. The molecule has 87 valence electrons. The van der Waals surface area contributed by atoms with E-state index in [2.05, 4.69) is 24.3 Å². The Balaban J connectivity index is 1.94. The van der Waals surface area contributed by atoms with Crippen LogP contribution in [0.25, 0.3) is 0 Å². The molecule has 0 spiro atoms. The van der Waals surface area contributed by atoms with Crippen LogP contribution in [-0.2, 0) is 16.3 Å². The lowest BCUT2D eigenvalue weighted by molar-refractivity contribution is -0.143. The molecule has 1 radical (unpaired) electrons. The van der Waals surface area contributed by atoms with Crippen LogP contribution in [-0.4, -0.2) is 5.97 Å². The molecular weight excluding hydrogens is 200 g/mol. The third-order valence-electron chi connectivity index (χ3n) is 2.69. The molecule has 2 heteroatoms. The van der Waals surface area contributed by atoms with Crippen molar-refractivity contribution in [2.75, 3.05) is 0 Å². The second-order valence-corrected chi connectivity index (χ2v) is 4.13. The zero-order valence-corrected chi connectivity index (χ0v) is 9.65. The van der Waals surface area contributed by atoms with Crippen LogP contribution in [0.15, 0.2) is 30.3 Å². The summed E-state index contributed by atoms with van der Waals surface area (Å²) in [6.45, 7) is 0. The summed E-state index contributed by atoms with van der Waals surface area (Å²) < 4.78 is 0. The minimum absolute atomic E-state index is 0.207. The van der Waals surface area contributed by atoms with E-state index in [1.165, 1.54) is 18.4 Å². The highest BCUT2D eigenvalue weighted by Gasteiger charge is 1.98. The van der Waals surface area contributed by atoms with Gasteiger partial charge in [-0.1, -0.05) is 49.6 Å². The van der Waals surface area contributed by atoms with Crippen molar-refractivity contribution >= 4 is 5.97 Å². The highest BCUT2D eigenvalue weighted by molar-refractivity contribution is 5.66. The van der Waals surface area contributed by atoms with Crippen molar-refractivity contribution in [1.29, 1.82) is 0 Å². The van der Waals surface area contributed by atoms with Gasteiger partial charge in [0.15, 0.2) is 0 Å². The van der Waals surface area contributed by atoms with E-state index < -0.39 is 5.97 Å². The standard InChI is InChI=1S/C14H19O2/c15-14(16)12-8-3-1-2-5-9-13-10-6-4-7-11-13/h4,6-7,10-11H,1-3,5,8-9,12H2. The molecule has 0 atom stereocenters. The number of carbonyl (C=O) groups excluding carboxylic acids is 1. The van der Waals surface area contributed by atoms with Gasteiger partial charge in [-0.15, -0.1) is 0 Å². The van der Waals surface area contributed by atoms with Crippen LogP contribution < -0.4 is 0 Å². The van der Waals surface area contributed by atoms with Crippen molar-refractivity contribution in [2.45, 2.75) is 44.9 Å². The first kappa shape index (κ1) is 12.8. The van der Waals surface area contributed by atoms with Crippen LogP contribution in [0.5, 0.6) is 0 Å². The van der Waals surface area contributed by atoms with Crippen molar-refractivity contribution in [3.8, 4) is 0 Å². The molecule has 1 aromatic rings. The summed E-state index contributed by atoms with van der Waals surface area (Å²) in [5, 5.41) is 10.2. The number of carbonyl (C=O) groups is 1. The summed E-state index contributed by atoms with van der Waals surface area (Å²) in [4.78, 5) is 10.2. The maximum atomic E-state index is 10.2. The predicted molar refractivity (Wildman–Crippen MR) is 63.5 cm³/mol. The van der Waals surface area contributed by atoms with Gasteiger partial charge < -0.3 is 0 Å². The molecular formula is C14H19O2. The van der Waals surface area contributed by atoms with E-state index in [1.54, 1.807) is 0 Å². The quantitative estimate of drug-likeness (QED) is 0.616. The number of hydrogen-bond donors (Lipinski definition) is 0. The topological polar surface area (TPSA) is 37.0 Å². The molecule has 0 N–H and O–H groups in total. The third-order valence-corrected chi connectivity index (χ3v) is 2.69. The summed E-state index contributed by atoms with van der Waals surface area (Å²) in [5.41, 5.74) is 1.39. The van der Waals surface area contributed by atoms with Crippen LogP contribution in [0, 0.1) is 0 Å². The fourth-order valence-electron chi connectivity index (χ4n) is 1.77. The normalized spacial score (nSPS) is 10.2. The lowest BCUT2D eigenvalue weighted by Crippen LogP contribution is -1.91. The Morgan fingerprint density at radius 1 is 0.875 bits per heavy atom. The number of benzene rings is 1. The maximum Gasteiger partial charge on any atom is 0.355 e. The largest absolute Gasteiger partial charge is 0.355 e. The van der Waals surface area contributed by atoms with E-state index in [0.29, 0.717) is 0 Å². The predicted octanol–water partition coefficient (Wildman–Crippen LogP) is 3.53. The summed E-state index contributed by atoms with van der Waals surface area (Å²) >= 11 is 0. The lowest BCUT2D eigenvalue weighted by atomic mass is 10.1. The van der Waals surface area contributed by atoms with Crippen molar-refractivity contribution in [3.05, 3.63) is 35.9 Å². The Morgan fingerprint density at radius 3 is 2.19 bits per heavy atom. The van der Waals surface area contributed by atoms with Gasteiger partial charge in [-0.2, -0.15) is 0 Å². The second kappa shape index (κ2) is 7.91. The summed E-state index contributed by atoms with van der Waals surface area (Å²) in [5.74, 6) is -0.927. The van der Waals surface area contributed by atoms with E-state index in [-0.39, 0.29) is 6.42 Å². The van der Waals surface area contributed by atoms with Crippen molar-refractivity contribution < 1.29 is 9.90 Å². The van der Waals surface area contributed by atoms with Gasteiger partial charge in [-0.25, -0.2) is 9.90 Å². The Labute approximate surface area is 97.3 Å². The average molecular weight is 219 g/mol. The van der Waals surface area contributed by atoms with E-state index in [9.17, 15) is 9.90 Å². The van der Waals surface area contributed by atoms with Gasteiger partial charge in [0.25, 0.3) is 0 Å². The van der Waals surface area contributed by atoms with E-state index in [4.69, 9.17) is 0 Å². The first-order valence-corrected chi connectivity index (χ1v) is 6.03. The van der Waals surface area contributed by atoms with E-state index in [0.717, 1.165) is 25.7 Å². The molecule has 16 heavy (non-hydrogen) atoms. The number of rotatable bonds is 8. The Hall–Kier alpha value is -1.31. The highest BCUT2D eigenvalue weighted by atomic mass is 16.4. The van der Waals surface area contributed by atoms with Gasteiger partial charge in [0.05, 0.1) is 6.42 Å². The maximum absolute atomic E-state index is 10.2. The van der Waals surface area contributed by atoms with Gasteiger partial charge >= 0.3 is 5.97 Å². The molecule has 0 saturated carbocycles. The minimum Gasteiger partial charge on any atom is -0.247 e. The molecule has 0 saturated heterocycles. The van der Waals surface area contributed by atoms with Crippen molar-refractivity contribution in [2.24, 2.45) is 0 Å². The van der Waals surface area contributed by atoms with Crippen LogP contribution in [0.1, 0.15) is 44.1 Å². The van der Waals surface area contributed by atoms with Gasteiger partial charge in [0.2, 0.25) is 0 Å². The third kappa shape index (κ3) is 6.23. The second-order valence-electron chi connectivity index (χ2n) is 4.13. The van der Waals surface area contributed by atoms with Gasteiger partial charge in [-0.3, -0.25) is 0 Å². The van der Waals surface area contributed by atoms with Gasteiger partial charge in [0, 0.05) is 0 Å². The SMILES string of the molecule is [O]C(=O)CCCCCCCc1ccccc1. The Kier molecular flexibility index (Phi) is 6.31. The molecule has 1 rings (SSSR count). The molecule has 0 bridgehead atoms. The molecule has 0 aliphatic rings. The first-order chi connectivity index (χ1) is 7.79.